The molecule has 0 saturated heterocycles. The number of rotatable bonds is 59. The Morgan fingerprint density at radius 1 is 0.268 bits per heavy atom. The molecule has 0 aliphatic carbocycles. The fourth-order valence-corrected chi connectivity index (χ4v) is 9.61. The standard InChI is InChI=1S/C65H122O6/c1-4-7-10-13-16-19-22-25-28-30-32-34-37-40-43-46-49-52-55-58-64(67)70-61-62(60-69-63(66)57-54-51-48-45-42-39-36-27-24-21-18-15-12-9-6-3)71-65(68)59-56-53-50-47-44-41-38-35-33-31-29-26-23-20-17-14-11-8-5-2/h25,27-28,36,62H,4-24,26,29-35,37-61H2,1-3H3/b28-25-,36-27-. The Bertz CT molecular complexity index is 1150. The molecule has 0 aromatic carbocycles. The highest BCUT2D eigenvalue weighted by Gasteiger charge is 2.19. The number of allylic oxidation sites excluding steroid dienone is 4. The molecule has 0 saturated carbocycles. The summed E-state index contributed by atoms with van der Waals surface area (Å²) in [5.41, 5.74) is 0. The largest absolute Gasteiger partial charge is 0.462 e. The van der Waals surface area contributed by atoms with Crippen molar-refractivity contribution in [2.24, 2.45) is 0 Å². The highest BCUT2D eigenvalue weighted by Crippen LogP contribution is 2.17. The van der Waals surface area contributed by atoms with E-state index < -0.39 is 6.10 Å². The molecule has 71 heavy (non-hydrogen) atoms. The third kappa shape index (κ3) is 58.7. The first-order valence-corrected chi connectivity index (χ1v) is 31.8. The van der Waals surface area contributed by atoms with Gasteiger partial charge in [-0.05, 0) is 70.6 Å². The fourth-order valence-electron chi connectivity index (χ4n) is 9.61. The van der Waals surface area contributed by atoms with Crippen LogP contribution in [0.2, 0.25) is 0 Å². The minimum absolute atomic E-state index is 0.0701. The topological polar surface area (TPSA) is 78.9 Å². The van der Waals surface area contributed by atoms with Gasteiger partial charge in [0, 0.05) is 19.3 Å². The number of ether oxygens (including phenoxy) is 3. The van der Waals surface area contributed by atoms with Crippen molar-refractivity contribution in [3.8, 4) is 0 Å². The second-order valence-electron chi connectivity index (χ2n) is 21.7. The predicted molar refractivity (Wildman–Crippen MR) is 307 cm³/mol. The highest BCUT2D eigenvalue weighted by molar-refractivity contribution is 5.71. The van der Waals surface area contributed by atoms with Crippen molar-refractivity contribution in [1.82, 2.24) is 0 Å². The maximum Gasteiger partial charge on any atom is 0.306 e. The van der Waals surface area contributed by atoms with E-state index in [1.54, 1.807) is 0 Å². The van der Waals surface area contributed by atoms with Crippen molar-refractivity contribution < 1.29 is 28.6 Å². The lowest BCUT2D eigenvalue weighted by molar-refractivity contribution is -0.167. The second kappa shape index (κ2) is 60.4. The molecular weight excluding hydrogens is 877 g/mol. The molecular formula is C65H122O6. The SMILES string of the molecule is CCCCCCCC/C=C\CCCCCCCCCCCC(=O)OCC(COC(=O)CCCCCCC/C=C\CCCCCCCC)OC(=O)CCCCCCCCCCCCCCCCCCCCC. The van der Waals surface area contributed by atoms with Crippen molar-refractivity contribution in [2.75, 3.05) is 13.2 Å². The minimum atomic E-state index is -0.772. The molecule has 0 heterocycles. The van der Waals surface area contributed by atoms with Crippen LogP contribution < -0.4 is 0 Å². The van der Waals surface area contributed by atoms with Crippen LogP contribution in [0.4, 0.5) is 0 Å². The first-order valence-electron chi connectivity index (χ1n) is 31.8. The lowest BCUT2D eigenvalue weighted by Crippen LogP contribution is -2.30. The molecule has 0 aromatic rings. The van der Waals surface area contributed by atoms with Crippen LogP contribution in [0.3, 0.4) is 0 Å². The van der Waals surface area contributed by atoms with Crippen LogP contribution >= 0.6 is 0 Å². The van der Waals surface area contributed by atoms with E-state index >= 15 is 0 Å². The molecule has 6 nitrogen and oxygen atoms in total. The molecule has 0 N–H and O–H groups in total. The quantitative estimate of drug-likeness (QED) is 0.0261. The molecule has 1 atom stereocenters. The third-order valence-electron chi connectivity index (χ3n) is 14.4. The number of carbonyl (C=O) groups is 3. The van der Waals surface area contributed by atoms with Crippen LogP contribution in [0, 0.1) is 0 Å². The fraction of sp³-hybridized carbons (Fsp3) is 0.892. The van der Waals surface area contributed by atoms with E-state index in [-0.39, 0.29) is 31.1 Å². The minimum Gasteiger partial charge on any atom is -0.462 e. The Labute approximate surface area is 443 Å². The van der Waals surface area contributed by atoms with Crippen LogP contribution in [0.15, 0.2) is 24.3 Å². The van der Waals surface area contributed by atoms with E-state index in [0.717, 1.165) is 64.2 Å². The van der Waals surface area contributed by atoms with Gasteiger partial charge in [-0.1, -0.05) is 289 Å². The van der Waals surface area contributed by atoms with E-state index in [1.807, 2.05) is 0 Å². The van der Waals surface area contributed by atoms with Crippen molar-refractivity contribution >= 4 is 17.9 Å². The van der Waals surface area contributed by atoms with E-state index in [9.17, 15) is 14.4 Å². The number of carbonyl (C=O) groups excluding carboxylic acids is 3. The van der Waals surface area contributed by atoms with Crippen molar-refractivity contribution in [3.05, 3.63) is 24.3 Å². The van der Waals surface area contributed by atoms with Crippen LogP contribution in [-0.4, -0.2) is 37.2 Å². The van der Waals surface area contributed by atoms with Gasteiger partial charge in [-0.3, -0.25) is 14.4 Å². The number of unbranched alkanes of at least 4 members (excludes halogenated alkanes) is 44. The molecule has 0 radical (unpaired) electrons. The van der Waals surface area contributed by atoms with E-state index in [1.165, 1.54) is 250 Å². The molecule has 0 aliphatic heterocycles. The zero-order chi connectivity index (χ0) is 51.4. The van der Waals surface area contributed by atoms with Gasteiger partial charge in [0.05, 0.1) is 0 Å². The van der Waals surface area contributed by atoms with Gasteiger partial charge in [-0.15, -0.1) is 0 Å². The Kier molecular flexibility index (Phi) is 58.6. The lowest BCUT2D eigenvalue weighted by atomic mass is 10.0. The van der Waals surface area contributed by atoms with Crippen LogP contribution in [0.5, 0.6) is 0 Å². The molecule has 0 amide bonds. The van der Waals surface area contributed by atoms with Crippen LogP contribution in [-0.2, 0) is 28.6 Å². The summed E-state index contributed by atoms with van der Waals surface area (Å²) in [6.07, 6.45) is 71.8. The van der Waals surface area contributed by atoms with Crippen molar-refractivity contribution in [3.63, 3.8) is 0 Å². The summed E-state index contributed by atoms with van der Waals surface area (Å²) in [5, 5.41) is 0. The van der Waals surface area contributed by atoms with Gasteiger partial charge in [0.15, 0.2) is 6.10 Å². The van der Waals surface area contributed by atoms with Crippen LogP contribution in [0.1, 0.15) is 355 Å². The number of hydrogen-bond acceptors (Lipinski definition) is 6. The smallest absolute Gasteiger partial charge is 0.306 e. The van der Waals surface area contributed by atoms with Crippen molar-refractivity contribution in [2.45, 2.75) is 361 Å². The molecule has 0 bridgehead atoms. The van der Waals surface area contributed by atoms with Gasteiger partial charge in [0.1, 0.15) is 13.2 Å². The average molecular weight is 1000 g/mol. The van der Waals surface area contributed by atoms with Crippen molar-refractivity contribution in [1.29, 1.82) is 0 Å². The molecule has 0 aromatic heterocycles. The third-order valence-corrected chi connectivity index (χ3v) is 14.4. The van der Waals surface area contributed by atoms with E-state index in [4.69, 9.17) is 14.2 Å². The van der Waals surface area contributed by atoms with Gasteiger partial charge in [-0.2, -0.15) is 0 Å². The molecule has 418 valence electrons. The maximum atomic E-state index is 12.9. The van der Waals surface area contributed by atoms with Gasteiger partial charge in [-0.25, -0.2) is 0 Å². The molecule has 0 spiro atoms. The lowest BCUT2D eigenvalue weighted by Gasteiger charge is -2.18. The van der Waals surface area contributed by atoms with E-state index in [0.29, 0.717) is 19.3 Å². The Hall–Kier alpha value is -2.11. The van der Waals surface area contributed by atoms with Gasteiger partial charge >= 0.3 is 17.9 Å². The van der Waals surface area contributed by atoms with Crippen LogP contribution in [0.25, 0.3) is 0 Å². The van der Waals surface area contributed by atoms with Gasteiger partial charge in [0.25, 0.3) is 0 Å². The van der Waals surface area contributed by atoms with Gasteiger partial charge < -0.3 is 14.2 Å². The highest BCUT2D eigenvalue weighted by atomic mass is 16.6. The number of hydrogen-bond donors (Lipinski definition) is 0. The first kappa shape index (κ1) is 68.9. The summed E-state index contributed by atoms with van der Waals surface area (Å²) in [4.78, 5) is 38.3. The monoisotopic (exact) mass is 999 g/mol. The summed E-state index contributed by atoms with van der Waals surface area (Å²) < 4.78 is 16.9. The average Bonchev–Trinajstić information content (AvgIpc) is 3.37. The molecule has 6 heteroatoms. The molecule has 0 rings (SSSR count). The summed E-state index contributed by atoms with van der Waals surface area (Å²) >= 11 is 0. The summed E-state index contributed by atoms with van der Waals surface area (Å²) in [7, 11) is 0. The number of esters is 3. The zero-order valence-electron chi connectivity index (χ0n) is 48.0. The molecule has 0 fully saturated rings. The normalized spacial score (nSPS) is 12.1. The molecule has 0 aliphatic rings. The summed E-state index contributed by atoms with van der Waals surface area (Å²) in [6.45, 7) is 6.69. The summed E-state index contributed by atoms with van der Waals surface area (Å²) in [5.74, 6) is -0.854. The van der Waals surface area contributed by atoms with E-state index in [2.05, 4.69) is 45.1 Å². The molecule has 1 unspecified atom stereocenters. The Balaban J connectivity index is 4.32. The Morgan fingerprint density at radius 3 is 0.704 bits per heavy atom. The Morgan fingerprint density at radius 2 is 0.465 bits per heavy atom. The first-order chi connectivity index (χ1) is 35.0. The zero-order valence-corrected chi connectivity index (χ0v) is 48.0. The summed E-state index contributed by atoms with van der Waals surface area (Å²) in [6, 6.07) is 0. The second-order valence-corrected chi connectivity index (χ2v) is 21.7. The van der Waals surface area contributed by atoms with Gasteiger partial charge in [0.2, 0.25) is 0 Å². The maximum absolute atomic E-state index is 12.9. The predicted octanol–water partition coefficient (Wildman–Crippen LogP) is 21.4.